The van der Waals surface area contributed by atoms with Gasteiger partial charge in [-0.1, -0.05) is 0 Å². The van der Waals surface area contributed by atoms with Crippen molar-refractivity contribution < 1.29 is 23.5 Å². The molecule has 5 atom stereocenters. The van der Waals surface area contributed by atoms with Gasteiger partial charge in [-0.05, 0) is 6.07 Å². The van der Waals surface area contributed by atoms with Gasteiger partial charge >= 0.3 is 13.9 Å². The number of thioether (sulfide) groups is 1. The highest BCUT2D eigenvalue weighted by Gasteiger charge is 2.50. The number of alkyl halides is 1. The Morgan fingerprint density at radius 2 is 2.35 bits per heavy atom. The van der Waals surface area contributed by atoms with Crippen LogP contribution in [0.3, 0.4) is 0 Å². The van der Waals surface area contributed by atoms with Gasteiger partial charge in [-0.15, -0.1) is 21.2 Å². The molecule has 2 rings (SSSR count). The Kier molecular flexibility index (Phi) is 4.71. The van der Waals surface area contributed by atoms with Crippen LogP contribution in [0.25, 0.3) is 0 Å². The van der Waals surface area contributed by atoms with Crippen LogP contribution in [0.1, 0.15) is 5.37 Å². The van der Waals surface area contributed by atoms with E-state index in [9.17, 15) is 18.9 Å². The number of aromatic nitrogens is 2. The number of nitrogens with two attached hydrogens (primary N) is 1. The number of rotatable bonds is 4. The molecule has 1 aliphatic rings. The molecule has 0 radical (unpaired) electrons. The van der Waals surface area contributed by atoms with Gasteiger partial charge in [0.05, 0.1) is 11.9 Å². The molecule has 20 heavy (non-hydrogen) atoms. The van der Waals surface area contributed by atoms with Gasteiger partial charge in [0.1, 0.15) is 11.2 Å². The lowest BCUT2D eigenvalue weighted by Gasteiger charge is -2.15. The third-order valence-electron chi connectivity index (χ3n) is 2.78. The molecule has 2 unspecified atom stereocenters. The van der Waals surface area contributed by atoms with Crippen LogP contribution in [0.4, 0.5) is 10.2 Å². The Labute approximate surface area is 117 Å². The largest absolute Gasteiger partial charge is 0.695 e. The van der Waals surface area contributed by atoms with Crippen molar-refractivity contribution in [3.8, 4) is 0 Å². The molecule has 0 bridgehead atoms. The Morgan fingerprint density at radius 1 is 1.65 bits per heavy atom. The van der Waals surface area contributed by atoms with Crippen LogP contribution < -0.4 is 11.4 Å². The van der Waals surface area contributed by atoms with Crippen LogP contribution >= 0.6 is 20.0 Å². The lowest BCUT2D eigenvalue weighted by atomic mass is 10.1. The molecule has 8 nitrogen and oxygen atoms in total. The van der Waals surface area contributed by atoms with Gasteiger partial charge in [-0.3, -0.25) is 4.57 Å². The first-order valence-electron chi connectivity index (χ1n) is 5.52. The van der Waals surface area contributed by atoms with Crippen molar-refractivity contribution in [2.24, 2.45) is 0 Å². The minimum Gasteiger partial charge on any atom is -0.395 e. The minimum absolute atomic E-state index is 0.00889. The zero-order valence-corrected chi connectivity index (χ0v) is 11.7. The predicted octanol–water partition coefficient (Wildman–Crippen LogP) is -0.195. The number of nitrogen functional groups attached to an aromatic ring is 1. The van der Waals surface area contributed by atoms with E-state index in [2.05, 4.69) is 9.51 Å². The average molecular weight is 324 g/mol. The predicted molar refractivity (Wildman–Crippen MR) is 70.0 cm³/mol. The van der Waals surface area contributed by atoms with Crippen LogP contribution in [-0.2, 0) is 9.09 Å². The maximum Gasteiger partial charge on any atom is 0.695 e. The first kappa shape index (κ1) is 15.3. The fraction of sp³-hybridized carbons (Fsp3) is 0.556. The molecule has 0 spiro atoms. The van der Waals surface area contributed by atoms with Gasteiger partial charge in [-0.25, -0.2) is 9.18 Å². The summed E-state index contributed by atoms with van der Waals surface area (Å²) in [5.74, 6) is 0.00889. The topological polar surface area (TPSA) is 128 Å². The molecule has 0 aromatic carbocycles. The van der Waals surface area contributed by atoms with Crippen molar-refractivity contribution in [2.75, 3.05) is 12.3 Å². The van der Waals surface area contributed by atoms with Crippen molar-refractivity contribution in [3.05, 3.63) is 22.7 Å². The number of nitrogens with zero attached hydrogens (tertiary/aromatic N) is 2. The van der Waals surface area contributed by atoms with E-state index in [1.165, 1.54) is 12.3 Å². The summed E-state index contributed by atoms with van der Waals surface area (Å²) in [7, 11) is -3.01. The maximum absolute atomic E-state index is 14.3. The van der Waals surface area contributed by atoms with Crippen molar-refractivity contribution in [3.63, 3.8) is 0 Å². The summed E-state index contributed by atoms with van der Waals surface area (Å²) in [6.07, 6.45) is -1.75. The molecule has 1 fully saturated rings. The van der Waals surface area contributed by atoms with Crippen LogP contribution in [0.15, 0.2) is 17.1 Å². The summed E-state index contributed by atoms with van der Waals surface area (Å²) in [5, 5.41) is 7.41. The second-order valence-corrected chi connectivity index (χ2v) is 6.09. The van der Waals surface area contributed by atoms with Crippen LogP contribution in [0.2, 0.25) is 0 Å². The van der Waals surface area contributed by atoms with Crippen LogP contribution in [0, 0.1) is 0 Å². The molecule has 4 N–H and O–H groups in total. The zero-order valence-electron chi connectivity index (χ0n) is 10.00. The highest BCUT2D eigenvalue weighted by Crippen LogP contribution is 2.46. The van der Waals surface area contributed by atoms with E-state index < -0.39 is 43.5 Å². The van der Waals surface area contributed by atoms with E-state index in [0.717, 1.165) is 16.3 Å². The third kappa shape index (κ3) is 2.99. The standard InChI is InChI=1S/C9H11FN3O5PS/c10-6-7(18-19(16)17)4(3-14)20-8(6)13-2-1-5(11)12-9(13)15/h1-2,4,6-8,14H,3H2,(H2-,11,12,15,16,17)/p+1/t4-,6?,7-,8-/m1/s1. The van der Waals surface area contributed by atoms with Gasteiger partial charge in [0, 0.05) is 10.8 Å². The summed E-state index contributed by atoms with van der Waals surface area (Å²) in [6.45, 7) is -0.452. The molecule has 11 heteroatoms. The summed E-state index contributed by atoms with van der Waals surface area (Å²) >= 11 is 0.934. The van der Waals surface area contributed by atoms with E-state index in [1.54, 1.807) is 0 Å². The first-order chi connectivity index (χ1) is 9.43. The van der Waals surface area contributed by atoms with Crippen molar-refractivity contribution in [1.29, 1.82) is 0 Å². The molecule has 0 aliphatic carbocycles. The second kappa shape index (κ2) is 6.15. The number of halogens is 1. The molecule has 1 aromatic rings. The summed E-state index contributed by atoms with van der Waals surface area (Å²) < 4.78 is 30.6. The third-order valence-corrected chi connectivity index (χ3v) is 4.74. The average Bonchev–Trinajstić information content (AvgIpc) is 2.67. The molecular weight excluding hydrogens is 312 g/mol. The van der Waals surface area contributed by atoms with Gasteiger partial charge in [0.2, 0.25) is 0 Å². The quantitative estimate of drug-likeness (QED) is 0.650. The number of aliphatic hydroxyl groups is 1. The molecule has 1 saturated heterocycles. The summed E-state index contributed by atoms with van der Waals surface area (Å²) in [4.78, 5) is 23.9. The van der Waals surface area contributed by atoms with Crippen molar-refractivity contribution in [1.82, 2.24) is 9.55 Å². The van der Waals surface area contributed by atoms with E-state index in [-0.39, 0.29) is 5.82 Å². The van der Waals surface area contributed by atoms with Gasteiger partial charge < -0.3 is 10.8 Å². The molecule has 1 aromatic heterocycles. The normalized spacial score (nSPS) is 30.4. The maximum atomic E-state index is 14.3. The van der Waals surface area contributed by atoms with Gasteiger partial charge in [0.15, 0.2) is 12.3 Å². The second-order valence-electron chi connectivity index (χ2n) is 4.04. The van der Waals surface area contributed by atoms with E-state index >= 15 is 0 Å². The van der Waals surface area contributed by atoms with Crippen LogP contribution in [0.5, 0.6) is 0 Å². The minimum atomic E-state index is -3.01. The highest BCUT2D eigenvalue weighted by molar-refractivity contribution is 8.00. The highest BCUT2D eigenvalue weighted by atomic mass is 32.2. The van der Waals surface area contributed by atoms with Crippen molar-refractivity contribution >= 4 is 25.8 Å². The smallest absolute Gasteiger partial charge is 0.395 e. The number of anilines is 1. The van der Waals surface area contributed by atoms with E-state index in [4.69, 9.17) is 10.6 Å². The van der Waals surface area contributed by atoms with Crippen molar-refractivity contribution in [2.45, 2.75) is 22.9 Å². The molecule has 2 heterocycles. The summed E-state index contributed by atoms with van der Waals surface area (Å²) in [6, 6.07) is 1.34. The molecule has 0 saturated carbocycles. The number of hydrogen-bond acceptors (Lipinski definition) is 7. The summed E-state index contributed by atoms with van der Waals surface area (Å²) in [5.41, 5.74) is 4.61. The van der Waals surface area contributed by atoms with E-state index in [0.29, 0.717) is 0 Å². The Hall–Kier alpha value is -1.06. The Morgan fingerprint density at radius 3 is 2.90 bits per heavy atom. The first-order valence-corrected chi connectivity index (χ1v) is 7.59. The monoisotopic (exact) mass is 324 g/mol. The number of hydrogen-bond donors (Lipinski definition) is 3. The van der Waals surface area contributed by atoms with E-state index in [1.807, 2.05) is 0 Å². The fourth-order valence-corrected chi connectivity index (χ4v) is 3.87. The molecule has 110 valence electrons. The number of aliphatic hydroxyl groups excluding tert-OH is 1. The Bertz CT molecular complexity index is 573. The van der Waals surface area contributed by atoms with Gasteiger partial charge in [0.25, 0.3) is 0 Å². The molecule has 1 aliphatic heterocycles. The fourth-order valence-electron chi connectivity index (χ4n) is 1.91. The zero-order chi connectivity index (χ0) is 14.9. The molecular formula is C9H12FN3O5PS+. The van der Waals surface area contributed by atoms with Crippen LogP contribution in [-0.4, -0.2) is 43.7 Å². The SMILES string of the molecule is Nc1ccn([C@@H]2S[C@H](CO)[C@@H](O[P+](=O)O)C2F)c(=O)n1. The lowest BCUT2D eigenvalue weighted by Crippen LogP contribution is -2.34. The lowest BCUT2D eigenvalue weighted by molar-refractivity contribution is 0.0790. The molecule has 0 amide bonds. The van der Waals surface area contributed by atoms with Gasteiger partial charge in [-0.2, -0.15) is 4.98 Å². The Balaban J connectivity index is 2.29.